The van der Waals surface area contributed by atoms with Crippen molar-refractivity contribution in [2.45, 2.75) is 19.4 Å². The average molecular weight is 455 g/mol. The van der Waals surface area contributed by atoms with E-state index in [9.17, 15) is 14.3 Å². The third-order valence-corrected chi connectivity index (χ3v) is 6.34. The number of likely N-dealkylation sites (N-methyl/N-ethyl adjacent to an activating group) is 1. The van der Waals surface area contributed by atoms with Crippen molar-refractivity contribution in [3.05, 3.63) is 65.5 Å². The summed E-state index contributed by atoms with van der Waals surface area (Å²) in [6.07, 6.45) is 0.789. The van der Waals surface area contributed by atoms with Gasteiger partial charge in [-0.05, 0) is 43.3 Å². The van der Waals surface area contributed by atoms with E-state index in [1.165, 1.54) is 17.1 Å². The smallest absolute Gasteiger partial charge is 0.340 e. The highest BCUT2D eigenvalue weighted by Gasteiger charge is 2.45. The Balaban J connectivity index is 1.57. The standard InChI is InChI=1S/C25H31FN4O3/c1-3-29(14-15-31)13-7-12-28(2)25(32)30-24(18-8-5-4-6-9-18)21-17-33-22-11-10-19(26)16-20(22)23(21)27-30/h4-6,8-11,16,21,24,31H,3,7,12-15,17H2,1-2H3. The van der Waals surface area contributed by atoms with Gasteiger partial charge in [-0.1, -0.05) is 37.3 Å². The van der Waals surface area contributed by atoms with Crippen molar-refractivity contribution in [1.82, 2.24) is 14.8 Å². The zero-order valence-corrected chi connectivity index (χ0v) is 19.2. The van der Waals surface area contributed by atoms with Gasteiger partial charge in [0, 0.05) is 25.7 Å². The van der Waals surface area contributed by atoms with Gasteiger partial charge in [0.1, 0.15) is 11.6 Å². The lowest BCUT2D eigenvalue weighted by atomic mass is 9.86. The van der Waals surface area contributed by atoms with Gasteiger partial charge in [-0.25, -0.2) is 14.2 Å². The first-order valence-corrected chi connectivity index (χ1v) is 11.5. The summed E-state index contributed by atoms with van der Waals surface area (Å²) in [6.45, 7) is 5.40. The van der Waals surface area contributed by atoms with Crippen LogP contribution in [0.2, 0.25) is 0 Å². The van der Waals surface area contributed by atoms with Gasteiger partial charge in [-0.2, -0.15) is 5.10 Å². The van der Waals surface area contributed by atoms with Crippen molar-refractivity contribution in [3.63, 3.8) is 0 Å². The minimum absolute atomic E-state index is 0.123. The van der Waals surface area contributed by atoms with Crippen molar-refractivity contribution in [3.8, 4) is 5.75 Å². The molecule has 2 aliphatic heterocycles. The fraction of sp³-hybridized carbons (Fsp3) is 0.440. The van der Waals surface area contributed by atoms with Crippen LogP contribution in [0.25, 0.3) is 0 Å². The van der Waals surface area contributed by atoms with E-state index in [0.29, 0.717) is 36.7 Å². The Labute approximate surface area is 194 Å². The lowest BCUT2D eigenvalue weighted by Gasteiger charge is -2.31. The van der Waals surface area contributed by atoms with Gasteiger partial charge < -0.3 is 19.6 Å². The molecule has 0 radical (unpaired) electrons. The van der Waals surface area contributed by atoms with E-state index in [4.69, 9.17) is 9.84 Å². The first-order valence-electron chi connectivity index (χ1n) is 11.5. The maximum atomic E-state index is 14.0. The van der Waals surface area contributed by atoms with Crippen LogP contribution in [0, 0.1) is 11.7 Å². The number of aliphatic hydroxyl groups excluding tert-OH is 1. The zero-order valence-electron chi connectivity index (χ0n) is 19.2. The van der Waals surface area contributed by atoms with Gasteiger partial charge in [0.05, 0.1) is 30.9 Å². The second-order valence-electron chi connectivity index (χ2n) is 8.46. The molecule has 2 atom stereocenters. The van der Waals surface area contributed by atoms with Gasteiger partial charge in [0.2, 0.25) is 0 Å². The zero-order chi connectivity index (χ0) is 23.4. The number of fused-ring (bicyclic) bond motifs is 3. The number of aliphatic hydroxyl groups is 1. The van der Waals surface area contributed by atoms with E-state index in [-0.39, 0.29) is 30.4 Å². The third-order valence-electron chi connectivity index (χ3n) is 6.34. The van der Waals surface area contributed by atoms with E-state index in [1.54, 1.807) is 18.0 Å². The summed E-state index contributed by atoms with van der Waals surface area (Å²) in [5, 5.41) is 15.4. The second kappa shape index (κ2) is 10.3. The number of hydrogen-bond acceptors (Lipinski definition) is 5. The van der Waals surface area contributed by atoms with E-state index in [1.807, 2.05) is 30.3 Å². The molecule has 2 amide bonds. The van der Waals surface area contributed by atoms with Gasteiger partial charge >= 0.3 is 6.03 Å². The number of hydrogen-bond donors (Lipinski definition) is 1. The number of ether oxygens (including phenoxy) is 1. The average Bonchev–Trinajstić information content (AvgIpc) is 3.23. The number of urea groups is 1. The SMILES string of the molecule is CCN(CCO)CCCN(C)C(=O)N1N=C2c3cc(F)ccc3OCC2C1c1ccccc1. The summed E-state index contributed by atoms with van der Waals surface area (Å²) >= 11 is 0. The lowest BCUT2D eigenvalue weighted by Crippen LogP contribution is -2.42. The van der Waals surface area contributed by atoms with E-state index >= 15 is 0 Å². The van der Waals surface area contributed by atoms with Crippen molar-refractivity contribution in [1.29, 1.82) is 0 Å². The Hall–Kier alpha value is -2.97. The molecule has 0 saturated carbocycles. The van der Waals surface area contributed by atoms with Gasteiger partial charge in [-0.3, -0.25) is 0 Å². The number of hydrazone groups is 1. The Bertz CT molecular complexity index is 1000. The van der Waals surface area contributed by atoms with Crippen molar-refractivity contribution in [2.75, 3.05) is 46.4 Å². The quantitative estimate of drug-likeness (QED) is 0.664. The Kier molecular flexibility index (Phi) is 7.25. The second-order valence-corrected chi connectivity index (χ2v) is 8.46. The Morgan fingerprint density at radius 1 is 1.21 bits per heavy atom. The monoisotopic (exact) mass is 454 g/mol. The molecule has 8 heteroatoms. The molecule has 1 N–H and O–H groups in total. The fourth-order valence-electron chi connectivity index (χ4n) is 4.56. The largest absolute Gasteiger partial charge is 0.492 e. The summed E-state index contributed by atoms with van der Waals surface area (Å²) in [5.74, 6) is 0.0470. The predicted molar refractivity (Wildman–Crippen MR) is 125 cm³/mol. The van der Waals surface area contributed by atoms with Crippen LogP contribution < -0.4 is 4.74 Å². The number of halogens is 1. The molecule has 7 nitrogen and oxygen atoms in total. The summed E-state index contributed by atoms with van der Waals surface area (Å²) in [6, 6.07) is 13.7. The molecule has 2 aromatic rings. The molecule has 176 valence electrons. The van der Waals surface area contributed by atoms with Gasteiger partial charge in [-0.15, -0.1) is 0 Å². The molecule has 0 aliphatic carbocycles. The molecular weight excluding hydrogens is 423 g/mol. The normalized spacial score (nSPS) is 19.1. The van der Waals surface area contributed by atoms with Crippen LogP contribution in [0.4, 0.5) is 9.18 Å². The number of benzene rings is 2. The van der Waals surface area contributed by atoms with Crippen molar-refractivity contribution < 1.29 is 19.0 Å². The first kappa shape index (κ1) is 23.2. The summed E-state index contributed by atoms with van der Waals surface area (Å²) in [4.78, 5) is 17.3. The van der Waals surface area contributed by atoms with Crippen LogP contribution in [0.3, 0.4) is 0 Å². The summed E-state index contributed by atoms with van der Waals surface area (Å²) in [7, 11) is 1.78. The van der Waals surface area contributed by atoms with E-state index < -0.39 is 0 Å². The van der Waals surface area contributed by atoms with Crippen LogP contribution in [-0.4, -0.2) is 78.1 Å². The highest BCUT2D eigenvalue weighted by molar-refractivity contribution is 6.07. The van der Waals surface area contributed by atoms with Crippen LogP contribution in [0.1, 0.15) is 30.5 Å². The summed E-state index contributed by atoms with van der Waals surface area (Å²) < 4.78 is 20.0. The highest BCUT2D eigenvalue weighted by atomic mass is 19.1. The number of nitrogens with zero attached hydrogens (tertiary/aromatic N) is 4. The number of carbonyl (C=O) groups is 1. The van der Waals surface area contributed by atoms with Crippen LogP contribution in [0.5, 0.6) is 5.75 Å². The van der Waals surface area contributed by atoms with Gasteiger partial charge in [0.15, 0.2) is 0 Å². The molecule has 4 rings (SSSR count). The highest BCUT2D eigenvalue weighted by Crippen LogP contribution is 2.42. The maximum Gasteiger partial charge on any atom is 0.340 e. The molecule has 2 heterocycles. The maximum absolute atomic E-state index is 14.0. The molecule has 2 aliphatic rings. The molecule has 33 heavy (non-hydrogen) atoms. The lowest BCUT2D eigenvalue weighted by molar-refractivity contribution is 0.130. The predicted octanol–water partition coefficient (Wildman–Crippen LogP) is 3.35. The van der Waals surface area contributed by atoms with E-state index in [2.05, 4.69) is 11.8 Å². The van der Waals surface area contributed by atoms with E-state index in [0.717, 1.165) is 25.1 Å². The van der Waals surface area contributed by atoms with Gasteiger partial charge in [0.25, 0.3) is 0 Å². The van der Waals surface area contributed by atoms with Crippen LogP contribution in [-0.2, 0) is 0 Å². The van der Waals surface area contributed by atoms with Crippen molar-refractivity contribution >= 4 is 11.7 Å². The van der Waals surface area contributed by atoms with Crippen LogP contribution >= 0.6 is 0 Å². The third kappa shape index (κ3) is 4.86. The number of carbonyl (C=O) groups excluding carboxylic acids is 1. The Morgan fingerprint density at radius 3 is 2.73 bits per heavy atom. The number of amides is 2. The topological polar surface area (TPSA) is 68.6 Å². The molecule has 2 unspecified atom stereocenters. The van der Waals surface area contributed by atoms with Crippen molar-refractivity contribution in [2.24, 2.45) is 11.0 Å². The Morgan fingerprint density at radius 2 is 2.00 bits per heavy atom. The first-order chi connectivity index (χ1) is 16.0. The summed E-state index contributed by atoms with van der Waals surface area (Å²) in [5.41, 5.74) is 2.26. The molecule has 0 aromatic heterocycles. The molecule has 2 aromatic carbocycles. The number of rotatable bonds is 8. The molecule has 0 saturated heterocycles. The molecule has 0 spiro atoms. The molecule has 0 bridgehead atoms. The molecule has 0 fully saturated rings. The minimum Gasteiger partial charge on any atom is -0.492 e. The van der Waals surface area contributed by atoms with Crippen LogP contribution in [0.15, 0.2) is 53.6 Å². The molecular formula is C25H31FN4O3. The fourth-order valence-corrected chi connectivity index (χ4v) is 4.56. The minimum atomic E-state index is -0.359.